The number of carbonyl (C=O) groups excluding carboxylic acids is 1. The maximum Gasteiger partial charge on any atom is 0.337 e. The largest absolute Gasteiger partial charge is 0.465 e. The van der Waals surface area contributed by atoms with Crippen LogP contribution in [0.2, 0.25) is 0 Å². The van der Waals surface area contributed by atoms with Crippen molar-refractivity contribution in [1.29, 1.82) is 0 Å². The van der Waals surface area contributed by atoms with Crippen LogP contribution >= 0.6 is 0 Å². The molecule has 0 radical (unpaired) electrons. The zero-order valence-electron chi connectivity index (χ0n) is 12.5. The van der Waals surface area contributed by atoms with E-state index in [9.17, 15) is 4.79 Å². The van der Waals surface area contributed by atoms with E-state index in [1.807, 2.05) is 36.7 Å². The molecule has 0 bridgehead atoms. The van der Waals surface area contributed by atoms with Gasteiger partial charge in [-0.3, -0.25) is 9.88 Å². The van der Waals surface area contributed by atoms with Gasteiger partial charge in [-0.25, -0.2) is 4.79 Å². The quantitative estimate of drug-likeness (QED) is 0.765. The lowest BCUT2D eigenvalue weighted by molar-refractivity contribution is 0.0600. The fraction of sp³-hybridized carbons (Fsp3) is 0.294. The third-order valence-electron chi connectivity index (χ3n) is 3.38. The molecule has 2 rings (SSSR count). The normalized spacial score (nSPS) is 10.6. The lowest BCUT2D eigenvalue weighted by Crippen LogP contribution is -2.22. The smallest absolute Gasteiger partial charge is 0.337 e. The van der Waals surface area contributed by atoms with Crippen molar-refractivity contribution in [3.8, 4) is 0 Å². The molecule has 0 aliphatic rings. The molecule has 0 aliphatic carbocycles. The van der Waals surface area contributed by atoms with E-state index in [1.165, 1.54) is 18.2 Å². The first-order valence-corrected chi connectivity index (χ1v) is 7.01. The summed E-state index contributed by atoms with van der Waals surface area (Å²) in [5.74, 6) is -0.300. The minimum absolute atomic E-state index is 0.300. The second-order valence-electron chi connectivity index (χ2n) is 4.85. The third kappa shape index (κ3) is 4.39. The first kappa shape index (κ1) is 15.2. The van der Waals surface area contributed by atoms with Crippen molar-refractivity contribution in [3.05, 3.63) is 65.5 Å². The van der Waals surface area contributed by atoms with E-state index in [4.69, 9.17) is 4.74 Å². The van der Waals surface area contributed by atoms with Gasteiger partial charge in [0.2, 0.25) is 0 Å². The van der Waals surface area contributed by atoms with E-state index >= 15 is 0 Å². The maximum absolute atomic E-state index is 11.4. The van der Waals surface area contributed by atoms with Crippen molar-refractivity contribution < 1.29 is 9.53 Å². The summed E-state index contributed by atoms with van der Waals surface area (Å²) in [5.41, 5.74) is 3.01. The third-order valence-corrected chi connectivity index (χ3v) is 3.38. The van der Waals surface area contributed by atoms with Crippen LogP contribution in [0.5, 0.6) is 0 Å². The van der Waals surface area contributed by atoms with Gasteiger partial charge in [-0.15, -0.1) is 0 Å². The number of hydrogen-bond donors (Lipinski definition) is 0. The number of carbonyl (C=O) groups is 1. The molecule has 110 valence electrons. The standard InChI is InChI=1S/C17H20N2O2/c1-3-19(13-15-8-10-18-11-9-15)12-14-4-6-16(7-5-14)17(20)21-2/h4-11H,3,12-13H2,1-2H3. The fourth-order valence-corrected chi connectivity index (χ4v) is 2.15. The Bertz CT molecular complexity index is 567. The first-order chi connectivity index (χ1) is 10.2. The lowest BCUT2D eigenvalue weighted by atomic mass is 10.1. The van der Waals surface area contributed by atoms with E-state index < -0.39 is 0 Å². The summed E-state index contributed by atoms with van der Waals surface area (Å²) in [7, 11) is 1.39. The highest BCUT2D eigenvalue weighted by atomic mass is 16.5. The van der Waals surface area contributed by atoms with Gasteiger partial charge in [0.05, 0.1) is 12.7 Å². The van der Waals surface area contributed by atoms with Crippen molar-refractivity contribution in [3.63, 3.8) is 0 Å². The summed E-state index contributed by atoms with van der Waals surface area (Å²) < 4.78 is 4.70. The monoisotopic (exact) mass is 284 g/mol. The maximum atomic E-state index is 11.4. The van der Waals surface area contributed by atoms with Gasteiger partial charge < -0.3 is 4.74 Å². The zero-order valence-corrected chi connectivity index (χ0v) is 12.5. The SMILES string of the molecule is CCN(Cc1ccncc1)Cc1ccc(C(=O)OC)cc1. The minimum Gasteiger partial charge on any atom is -0.465 e. The van der Waals surface area contributed by atoms with Crippen LogP contribution in [-0.2, 0) is 17.8 Å². The molecule has 0 aliphatic heterocycles. The highest BCUT2D eigenvalue weighted by molar-refractivity contribution is 5.89. The van der Waals surface area contributed by atoms with Crippen LogP contribution in [0, 0.1) is 0 Å². The van der Waals surface area contributed by atoms with Crippen molar-refractivity contribution in [2.75, 3.05) is 13.7 Å². The molecule has 0 saturated carbocycles. The van der Waals surface area contributed by atoms with Crippen LogP contribution in [0.25, 0.3) is 0 Å². The average Bonchev–Trinajstić information content (AvgIpc) is 2.55. The second-order valence-corrected chi connectivity index (χ2v) is 4.85. The molecular formula is C17H20N2O2. The number of pyridine rings is 1. The molecule has 0 amide bonds. The van der Waals surface area contributed by atoms with Crippen LogP contribution < -0.4 is 0 Å². The van der Waals surface area contributed by atoms with Crippen LogP contribution in [0.4, 0.5) is 0 Å². The van der Waals surface area contributed by atoms with Crippen molar-refractivity contribution in [2.45, 2.75) is 20.0 Å². The number of hydrogen-bond acceptors (Lipinski definition) is 4. The van der Waals surface area contributed by atoms with E-state index in [2.05, 4.69) is 16.8 Å². The number of benzene rings is 1. The molecule has 1 aromatic carbocycles. The van der Waals surface area contributed by atoms with Gasteiger partial charge in [-0.2, -0.15) is 0 Å². The Morgan fingerprint density at radius 3 is 2.14 bits per heavy atom. The predicted molar refractivity (Wildman–Crippen MR) is 81.8 cm³/mol. The molecule has 2 aromatic rings. The van der Waals surface area contributed by atoms with Gasteiger partial charge in [0.15, 0.2) is 0 Å². The molecule has 4 heteroatoms. The van der Waals surface area contributed by atoms with Gasteiger partial charge >= 0.3 is 5.97 Å². The molecule has 4 nitrogen and oxygen atoms in total. The van der Waals surface area contributed by atoms with Crippen LogP contribution in [0.1, 0.15) is 28.4 Å². The van der Waals surface area contributed by atoms with Crippen LogP contribution in [0.15, 0.2) is 48.8 Å². The Morgan fingerprint density at radius 1 is 1.05 bits per heavy atom. The molecule has 21 heavy (non-hydrogen) atoms. The Balaban J connectivity index is 2.00. The van der Waals surface area contributed by atoms with Gasteiger partial charge in [0.25, 0.3) is 0 Å². The van der Waals surface area contributed by atoms with Crippen molar-refractivity contribution in [1.82, 2.24) is 9.88 Å². The van der Waals surface area contributed by atoms with E-state index in [1.54, 1.807) is 12.1 Å². The highest BCUT2D eigenvalue weighted by Gasteiger charge is 2.07. The first-order valence-electron chi connectivity index (χ1n) is 7.01. The number of esters is 1. The molecule has 0 atom stereocenters. The highest BCUT2D eigenvalue weighted by Crippen LogP contribution is 2.11. The molecule has 0 saturated heterocycles. The van der Waals surface area contributed by atoms with Gasteiger partial charge in [-0.1, -0.05) is 19.1 Å². The average molecular weight is 284 g/mol. The minimum atomic E-state index is -0.300. The number of methoxy groups -OCH3 is 1. The summed E-state index contributed by atoms with van der Waals surface area (Å²) in [4.78, 5) is 17.8. The van der Waals surface area contributed by atoms with Crippen molar-refractivity contribution >= 4 is 5.97 Å². The van der Waals surface area contributed by atoms with E-state index in [-0.39, 0.29) is 5.97 Å². The fourth-order valence-electron chi connectivity index (χ4n) is 2.15. The molecule has 0 unspecified atom stereocenters. The molecule has 0 N–H and O–H groups in total. The summed E-state index contributed by atoms with van der Waals surface area (Å²) in [6, 6.07) is 11.6. The molecule has 0 fully saturated rings. The summed E-state index contributed by atoms with van der Waals surface area (Å²) in [6.45, 7) is 4.84. The Kier molecular flexibility index (Phi) is 5.46. The summed E-state index contributed by atoms with van der Waals surface area (Å²) in [5, 5.41) is 0. The zero-order chi connectivity index (χ0) is 15.1. The Hall–Kier alpha value is -2.20. The number of rotatable bonds is 6. The predicted octanol–water partition coefficient (Wildman–Crippen LogP) is 2.89. The van der Waals surface area contributed by atoms with Gasteiger partial charge in [-0.05, 0) is 41.9 Å². The Morgan fingerprint density at radius 2 is 1.62 bits per heavy atom. The lowest BCUT2D eigenvalue weighted by Gasteiger charge is -2.20. The number of aromatic nitrogens is 1. The van der Waals surface area contributed by atoms with E-state index in [0.717, 1.165) is 19.6 Å². The molecular weight excluding hydrogens is 264 g/mol. The topological polar surface area (TPSA) is 42.4 Å². The summed E-state index contributed by atoms with van der Waals surface area (Å²) >= 11 is 0. The Labute approximate surface area is 125 Å². The van der Waals surface area contributed by atoms with Crippen molar-refractivity contribution in [2.24, 2.45) is 0 Å². The number of nitrogens with zero attached hydrogens (tertiary/aromatic N) is 2. The second kappa shape index (κ2) is 7.55. The van der Waals surface area contributed by atoms with Gasteiger partial charge in [0, 0.05) is 25.5 Å². The molecule has 0 spiro atoms. The van der Waals surface area contributed by atoms with E-state index in [0.29, 0.717) is 5.56 Å². The number of ether oxygens (including phenoxy) is 1. The summed E-state index contributed by atoms with van der Waals surface area (Å²) in [6.07, 6.45) is 3.63. The van der Waals surface area contributed by atoms with Crippen LogP contribution in [0.3, 0.4) is 0 Å². The molecule has 1 aromatic heterocycles. The van der Waals surface area contributed by atoms with Crippen LogP contribution in [-0.4, -0.2) is 29.5 Å². The van der Waals surface area contributed by atoms with Gasteiger partial charge in [0.1, 0.15) is 0 Å². The molecule has 1 heterocycles.